The molecule has 0 amide bonds. The number of carbonyl (C=O) groups excluding carboxylic acids is 1. The van der Waals surface area contributed by atoms with Crippen LogP contribution in [-0.4, -0.2) is 24.8 Å². The summed E-state index contributed by atoms with van der Waals surface area (Å²) in [5.74, 6) is -0.147. The van der Waals surface area contributed by atoms with Crippen molar-refractivity contribution in [1.82, 2.24) is 0 Å². The summed E-state index contributed by atoms with van der Waals surface area (Å²) in [4.78, 5) is 12.1. The van der Waals surface area contributed by atoms with Crippen molar-refractivity contribution in [2.24, 2.45) is 5.92 Å². The fraction of sp³-hybridized carbons (Fsp3) is 0.533. The minimum atomic E-state index is -0.486. The van der Waals surface area contributed by atoms with Crippen molar-refractivity contribution >= 4 is 21.7 Å². The number of hydrogen-bond acceptors (Lipinski definition) is 3. The zero-order valence-electron chi connectivity index (χ0n) is 10.7. The van der Waals surface area contributed by atoms with Gasteiger partial charge < -0.3 is 9.47 Å². The van der Waals surface area contributed by atoms with Gasteiger partial charge in [-0.05, 0) is 18.1 Å². The fourth-order valence-electron chi connectivity index (χ4n) is 2.98. The summed E-state index contributed by atoms with van der Waals surface area (Å²) in [6.45, 7) is 1.30. The van der Waals surface area contributed by atoms with E-state index in [1.54, 1.807) is 0 Å². The van der Waals surface area contributed by atoms with E-state index >= 15 is 0 Å². The lowest BCUT2D eigenvalue weighted by Crippen LogP contribution is -2.41. The van der Waals surface area contributed by atoms with E-state index in [-0.39, 0.29) is 5.92 Å². The maximum Gasteiger partial charge on any atom is 0.169 e. The molecule has 1 atom stereocenters. The van der Waals surface area contributed by atoms with Gasteiger partial charge in [0.2, 0.25) is 0 Å². The molecule has 1 aromatic rings. The molecule has 19 heavy (non-hydrogen) atoms. The molecule has 1 saturated heterocycles. The second kappa shape index (κ2) is 5.35. The number of Topliss-reactive ketones (excluding diaryl/α,β-unsaturated/α-hetero) is 1. The number of ketones is 1. The summed E-state index contributed by atoms with van der Waals surface area (Å²) in [5.41, 5.74) is 1.18. The molecule has 102 valence electrons. The van der Waals surface area contributed by atoms with Crippen LogP contribution in [0.2, 0.25) is 0 Å². The number of ether oxygens (including phenoxy) is 2. The molecule has 0 N–H and O–H groups in total. The number of benzene rings is 1. The van der Waals surface area contributed by atoms with Crippen LogP contribution in [-0.2, 0) is 20.7 Å². The Balaban J connectivity index is 1.75. The van der Waals surface area contributed by atoms with Crippen molar-refractivity contribution in [3.8, 4) is 0 Å². The van der Waals surface area contributed by atoms with Gasteiger partial charge in [0, 0.05) is 29.7 Å². The molecule has 1 aromatic carbocycles. The first kappa shape index (κ1) is 13.3. The van der Waals surface area contributed by atoms with E-state index in [0.29, 0.717) is 38.3 Å². The second-order valence-corrected chi connectivity index (χ2v) is 6.12. The van der Waals surface area contributed by atoms with Gasteiger partial charge in [0.25, 0.3) is 0 Å². The van der Waals surface area contributed by atoms with Crippen molar-refractivity contribution in [2.45, 2.75) is 31.5 Å². The summed E-state index contributed by atoms with van der Waals surface area (Å²) in [7, 11) is 0. The van der Waals surface area contributed by atoms with Crippen LogP contribution in [0.5, 0.6) is 0 Å². The molecule has 2 fully saturated rings. The topological polar surface area (TPSA) is 35.5 Å². The molecule has 0 radical (unpaired) electrons. The van der Waals surface area contributed by atoms with Gasteiger partial charge in [-0.15, -0.1) is 0 Å². The largest absolute Gasteiger partial charge is 0.347 e. The van der Waals surface area contributed by atoms with Gasteiger partial charge in [-0.25, -0.2) is 0 Å². The van der Waals surface area contributed by atoms with E-state index in [1.165, 1.54) is 5.56 Å². The third kappa shape index (κ3) is 2.76. The number of rotatable bonds is 2. The third-order valence-corrected chi connectivity index (χ3v) is 4.78. The minimum absolute atomic E-state index is 0.00514. The molecule has 1 aliphatic carbocycles. The van der Waals surface area contributed by atoms with E-state index < -0.39 is 5.79 Å². The van der Waals surface area contributed by atoms with Crippen molar-refractivity contribution in [2.75, 3.05) is 13.2 Å². The van der Waals surface area contributed by atoms with Crippen molar-refractivity contribution in [1.29, 1.82) is 0 Å². The highest BCUT2D eigenvalue weighted by molar-refractivity contribution is 9.10. The van der Waals surface area contributed by atoms with E-state index in [4.69, 9.17) is 9.47 Å². The van der Waals surface area contributed by atoms with Crippen LogP contribution in [0.15, 0.2) is 28.7 Å². The predicted octanol–water partition coefficient (Wildman–Crippen LogP) is 3.10. The lowest BCUT2D eigenvalue weighted by Gasteiger charge is -2.35. The molecular formula is C15H17BrO3. The normalized spacial score (nSPS) is 25.9. The SMILES string of the molecule is O=C1CCC2(CC1Cc1ccccc1Br)OCCO2. The molecule has 1 saturated carbocycles. The van der Waals surface area contributed by atoms with Crippen LogP contribution in [0, 0.1) is 5.92 Å². The molecule has 0 aromatic heterocycles. The quantitative estimate of drug-likeness (QED) is 0.838. The van der Waals surface area contributed by atoms with E-state index in [9.17, 15) is 4.79 Å². The number of halogens is 1. The van der Waals surface area contributed by atoms with Gasteiger partial charge >= 0.3 is 0 Å². The Hall–Kier alpha value is -0.710. The Bertz CT molecular complexity index is 480. The zero-order chi connectivity index (χ0) is 13.3. The Morgan fingerprint density at radius 1 is 1.26 bits per heavy atom. The molecular weight excluding hydrogens is 308 g/mol. The number of hydrogen-bond donors (Lipinski definition) is 0. The first-order chi connectivity index (χ1) is 9.19. The molecule has 1 unspecified atom stereocenters. The van der Waals surface area contributed by atoms with Gasteiger partial charge in [0.15, 0.2) is 5.79 Å². The summed E-state index contributed by atoms with van der Waals surface area (Å²) >= 11 is 3.54. The lowest BCUT2D eigenvalue weighted by molar-refractivity contribution is -0.189. The first-order valence-electron chi connectivity index (χ1n) is 6.73. The van der Waals surface area contributed by atoms with Crippen LogP contribution in [0.4, 0.5) is 0 Å². The van der Waals surface area contributed by atoms with E-state index in [0.717, 1.165) is 10.9 Å². The fourth-order valence-corrected chi connectivity index (χ4v) is 3.43. The summed E-state index contributed by atoms with van der Waals surface area (Å²) in [5, 5.41) is 0. The van der Waals surface area contributed by atoms with Gasteiger partial charge in [-0.3, -0.25) is 4.79 Å². The predicted molar refractivity (Wildman–Crippen MR) is 74.8 cm³/mol. The maximum atomic E-state index is 12.1. The lowest BCUT2D eigenvalue weighted by atomic mass is 9.80. The third-order valence-electron chi connectivity index (χ3n) is 4.00. The number of carbonyl (C=O) groups is 1. The van der Waals surface area contributed by atoms with Gasteiger partial charge in [0.05, 0.1) is 13.2 Å². The Morgan fingerprint density at radius 3 is 2.74 bits per heavy atom. The molecule has 0 bridgehead atoms. The first-order valence-corrected chi connectivity index (χ1v) is 7.52. The molecule has 4 heteroatoms. The molecule has 1 aliphatic heterocycles. The van der Waals surface area contributed by atoms with Crippen LogP contribution in [0.25, 0.3) is 0 Å². The monoisotopic (exact) mass is 324 g/mol. The molecule has 2 aliphatic rings. The maximum absolute atomic E-state index is 12.1. The van der Waals surface area contributed by atoms with Gasteiger partial charge in [-0.1, -0.05) is 34.1 Å². The van der Waals surface area contributed by atoms with Crippen LogP contribution in [0.3, 0.4) is 0 Å². The van der Waals surface area contributed by atoms with Gasteiger partial charge in [0.1, 0.15) is 5.78 Å². The Kier molecular flexibility index (Phi) is 3.74. The average Bonchev–Trinajstić information content (AvgIpc) is 2.85. The highest BCUT2D eigenvalue weighted by atomic mass is 79.9. The van der Waals surface area contributed by atoms with E-state index in [1.807, 2.05) is 18.2 Å². The smallest absolute Gasteiger partial charge is 0.169 e. The van der Waals surface area contributed by atoms with Crippen LogP contribution >= 0.6 is 15.9 Å². The van der Waals surface area contributed by atoms with Crippen molar-refractivity contribution in [3.63, 3.8) is 0 Å². The molecule has 1 spiro atoms. The van der Waals surface area contributed by atoms with Crippen LogP contribution in [0.1, 0.15) is 24.8 Å². The Labute approximate surface area is 121 Å². The zero-order valence-corrected chi connectivity index (χ0v) is 12.3. The molecule has 3 rings (SSSR count). The van der Waals surface area contributed by atoms with Crippen LogP contribution < -0.4 is 0 Å². The Morgan fingerprint density at radius 2 is 2.00 bits per heavy atom. The molecule has 1 heterocycles. The van der Waals surface area contributed by atoms with Crippen molar-refractivity contribution in [3.05, 3.63) is 34.3 Å². The minimum Gasteiger partial charge on any atom is -0.347 e. The summed E-state index contributed by atoms with van der Waals surface area (Å²) in [6, 6.07) is 8.07. The standard InChI is InChI=1S/C15H17BrO3/c16-13-4-2-1-3-11(13)9-12-10-15(6-5-14(12)17)18-7-8-19-15/h1-4,12H,5-10H2. The summed E-state index contributed by atoms with van der Waals surface area (Å²) < 4.78 is 12.5. The van der Waals surface area contributed by atoms with Gasteiger partial charge in [-0.2, -0.15) is 0 Å². The summed E-state index contributed by atoms with van der Waals surface area (Å²) in [6.07, 6.45) is 2.72. The highest BCUT2D eigenvalue weighted by Crippen LogP contribution is 2.38. The highest BCUT2D eigenvalue weighted by Gasteiger charge is 2.44. The second-order valence-electron chi connectivity index (χ2n) is 5.27. The van der Waals surface area contributed by atoms with E-state index in [2.05, 4.69) is 22.0 Å². The van der Waals surface area contributed by atoms with Crippen molar-refractivity contribution < 1.29 is 14.3 Å². The molecule has 3 nitrogen and oxygen atoms in total. The average molecular weight is 325 g/mol.